The molecule has 0 saturated heterocycles. The normalized spacial score (nSPS) is 25.1. The van der Waals surface area contributed by atoms with Crippen LogP contribution in [0, 0.1) is 16.7 Å². The molecular weight excluding hydrogens is 216 g/mol. The third-order valence-electron chi connectivity index (χ3n) is 3.89. The topological polar surface area (TPSA) is 73.1 Å². The molecule has 0 aromatic rings. The number of aliphatic hydroxyl groups is 1. The fourth-order valence-electron chi connectivity index (χ4n) is 2.32. The maximum Gasteiger partial charge on any atom is 0.240 e. The van der Waals surface area contributed by atoms with E-state index in [4.69, 9.17) is 5.26 Å². The predicted octanol–water partition coefficient (Wildman–Crippen LogP) is 1.74. The second kappa shape index (κ2) is 6.02. The average molecular weight is 238 g/mol. The molecule has 17 heavy (non-hydrogen) atoms. The Hall–Kier alpha value is -1.08. The third kappa shape index (κ3) is 3.19. The monoisotopic (exact) mass is 238 g/mol. The van der Waals surface area contributed by atoms with Gasteiger partial charge in [0.1, 0.15) is 5.41 Å². The summed E-state index contributed by atoms with van der Waals surface area (Å²) in [4.78, 5) is 12.1. The minimum Gasteiger partial charge on any atom is -0.393 e. The van der Waals surface area contributed by atoms with Gasteiger partial charge in [0.05, 0.1) is 12.2 Å². The number of hydrogen-bond acceptors (Lipinski definition) is 3. The molecule has 1 rings (SSSR count). The summed E-state index contributed by atoms with van der Waals surface area (Å²) in [5.74, 6) is -0.147. The second-order valence-corrected chi connectivity index (χ2v) is 4.88. The van der Waals surface area contributed by atoms with Crippen LogP contribution in [-0.2, 0) is 4.79 Å². The van der Waals surface area contributed by atoms with E-state index in [1.807, 2.05) is 13.8 Å². The molecule has 0 bridgehead atoms. The van der Waals surface area contributed by atoms with Crippen LogP contribution in [0.1, 0.15) is 52.4 Å². The van der Waals surface area contributed by atoms with Gasteiger partial charge in [-0.3, -0.25) is 4.79 Å². The van der Waals surface area contributed by atoms with Gasteiger partial charge in [0, 0.05) is 6.04 Å². The summed E-state index contributed by atoms with van der Waals surface area (Å²) in [6, 6.07) is 2.27. The molecule has 0 aromatic carbocycles. The lowest BCUT2D eigenvalue weighted by molar-refractivity contribution is -0.129. The molecule has 0 aliphatic heterocycles. The van der Waals surface area contributed by atoms with Crippen LogP contribution in [0.3, 0.4) is 0 Å². The summed E-state index contributed by atoms with van der Waals surface area (Å²) < 4.78 is 0. The maximum atomic E-state index is 12.1. The van der Waals surface area contributed by atoms with Crippen LogP contribution >= 0.6 is 0 Å². The molecule has 1 aliphatic rings. The number of nitriles is 1. The van der Waals surface area contributed by atoms with Gasteiger partial charge in [-0.25, -0.2) is 0 Å². The number of hydrogen-bond donors (Lipinski definition) is 2. The first-order chi connectivity index (χ1) is 8.07. The van der Waals surface area contributed by atoms with Gasteiger partial charge in [0.2, 0.25) is 5.91 Å². The standard InChI is InChI=1S/C13H22N2O2/c1-3-13(4-2,9-14)12(17)15-10-5-7-11(16)8-6-10/h10-11,16H,3-8H2,1-2H3,(H,15,17). The fraction of sp³-hybridized carbons (Fsp3) is 0.846. The highest BCUT2D eigenvalue weighted by molar-refractivity contribution is 5.85. The zero-order valence-electron chi connectivity index (χ0n) is 10.7. The van der Waals surface area contributed by atoms with Crippen molar-refractivity contribution in [2.24, 2.45) is 5.41 Å². The Labute approximate surface area is 103 Å². The second-order valence-electron chi connectivity index (χ2n) is 4.88. The van der Waals surface area contributed by atoms with Gasteiger partial charge in [-0.2, -0.15) is 5.26 Å². The molecule has 96 valence electrons. The molecule has 0 unspecified atom stereocenters. The van der Waals surface area contributed by atoms with Crippen molar-refractivity contribution in [1.29, 1.82) is 5.26 Å². The van der Waals surface area contributed by atoms with Crippen LogP contribution in [-0.4, -0.2) is 23.2 Å². The zero-order valence-corrected chi connectivity index (χ0v) is 10.7. The highest BCUT2D eigenvalue weighted by Crippen LogP contribution is 2.27. The van der Waals surface area contributed by atoms with Crippen LogP contribution in [0.25, 0.3) is 0 Å². The van der Waals surface area contributed by atoms with E-state index in [1.54, 1.807) is 0 Å². The first kappa shape index (κ1) is 14.0. The molecular formula is C13H22N2O2. The van der Waals surface area contributed by atoms with E-state index in [9.17, 15) is 9.90 Å². The van der Waals surface area contributed by atoms with E-state index in [1.165, 1.54) is 0 Å². The maximum absolute atomic E-state index is 12.1. The Morgan fingerprint density at radius 2 is 1.88 bits per heavy atom. The van der Waals surface area contributed by atoms with Crippen molar-refractivity contribution in [2.75, 3.05) is 0 Å². The number of carbonyl (C=O) groups is 1. The molecule has 0 spiro atoms. The average Bonchev–Trinajstić information content (AvgIpc) is 2.35. The van der Waals surface area contributed by atoms with E-state index in [-0.39, 0.29) is 18.1 Å². The van der Waals surface area contributed by atoms with Crippen molar-refractivity contribution in [3.05, 3.63) is 0 Å². The first-order valence-electron chi connectivity index (χ1n) is 6.48. The Morgan fingerprint density at radius 3 is 2.29 bits per heavy atom. The highest BCUT2D eigenvalue weighted by atomic mass is 16.3. The Bertz CT molecular complexity index is 297. The third-order valence-corrected chi connectivity index (χ3v) is 3.89. The predicted molar refractivity (Wildman–Crippen MR) is 65.0 cm³/mol. The summed E-state index contributed by atoms with van der Waals surface area (Å²) in [6.07, 6.45) is 3.96. The minimum absolute atomic E-state index is 0.122. The molecule has 2 N–H and O–H groups in total. The summed E-state index contributed by atoms with van der Waals surface area (Å²) >= 11 is 0. The molecule has 1 fully saturated rings. The van der Waals surface area contributed by atoms with E-state index in [2.05, 4.69) is 11.4 Å². The Kier molecular flexibility index (Phi) is 4.95. The van der Waals surface area contributed by atoms with Gasteiger partial charge in [-0.1, -0.05) is 13.8 Å². The van der Waals surface area contributed by atoms with Crippen molar-refractivity contribution < 1.29 is 9.90 Å². The summed E-state index contributed by atoms with van der Waals surface area (Å²) in [5, 5.41) is 21.5. The zero-order chi connectivity index (χ0) is 12.9. The van der Waals surface area contributed by atoms with Gasteiger partial charge >= 0.3 is 0 Å². The van der Waals surface area contributed by atoms with Crippen molar-refractivity contribution in [2.45, 2.75) is 64.5 Å². The smallest absolute Gasteiger partial charge is 0.240 e. The fourth-order valence-corrected chi connectivity index (χ4v) is 2.32. The molecule has 0 heterocycles. The molecule has 0 radical (unpaired) electrons. The molecule has 0 atom stereocenters. The quantitative estimate of drug-likeness (QED) is 0.783. The Morgan fingerprint density at radius 1 is 1.35 bits per heavy atom. The summed E-state index contributed by atoms with van der Waals surface area (Å²) in [7, 11) is 0. The number of nitrogens with one attached hydrogen (secondary N) is 1. The number of amides is 1. The van der Waals surface area contributed by atoms with Crippen molar-refractivity contribution in [1.82, 2.24) is 5.32 Å². The SMILES string of the molecule is CCC(C#N)(CC)C(=O)NC1CCC(O)CC1. The minimum atomic E-state index is -0.879. The number of aliphatic hydroxyl groups excluding tert-OH is 1. The van der Waals surface area contributed by atoms with E-state index >= 15 is 0 Å². The van der Waals surface area contributed by atoms with E-state index < -0.39 is 5.41 Å². The number of rotatable bonds is 4. The molecule has 0 aromatic heterocycles. The van der Waals surface area contributed by atoms with Crippen LogP contribution in [0.5, 0.6) is 0 Å². The van der Waals surface area contributed by atoms with Crippen LogP contribution in [0.15, 0.2) is 0 Å². The molecule has 1 aliphatic carbocycles. The van der Waals surface area contributed by atoms with Gasteiger partial charge in [0.15, 0.2) is 0 Å². The molecule has 4 heteroatoms. The lowest BCUT2D eigenvalue weighted by Crippen LogP contribution is -2.46. The van der Waals surface area contributed by atoms with Crippen molar-refractivity contribution in [3.63, 3.8) is 0 Å². The van der Waals surface area contributed by atoms with Crippen LogP contribution in [0.2, 0.25) is 0 Å². The number of nitrogens with zero attached hydrogens (tertiary/aromatic N) is 1. The van der Waals surface area contributed by atoms with Gasteiger partial charge in [-0.15, -0.1) is 0 Å². The van der Waals surface area contributed by atoms with Gasteiger partial charge in [0.25, 0.3) is 0 Å². The van der Waals surface area contributed by atoms with Crippen LogP contribution < -0.4 is 5.32 Å². The summed E-state index contributed by atoms with van der Waals surface area (Å²) in [5.41, 5.74) is -0.879. The largest absolute Gasteiger partial charge is 0.393 e. The molecule has 1 saturated carbocycles. The number of carbonyl (C=O) groups excluding carboxylic acids is 1. The van der Waals surface area contributed by atoms with E-state index in [0.29, 0.717) is 12.8 Å². The van der Waals surface area contributed by atoms with Crippen molar-refractivity contribution >= 4 is 5.91 Å². The molecule has 4 nitrogen and oxygen atoms in total. The van der Waals surface area contributed by atoms with Gasteiger partial charge in [-0.05, 0) is 38.5 Å². The highest BCUT2D eigenvalue weighted by Gasteiger charge is 2.36. The van der Waals surface area contributed by atoms with Crippen molar-refractivity contribution in [3.8, 4) is 6.07 Å². The lowest BCUT2D eigenvalue weighted by Gasteiger charge is -2.30. The van der Waals surface area contributed by atoms with Crippen LogP contribution in [0.4, 0.5) is 0 Å². The summed E-state index contributed by atoms with van der Waals surface area (Å²) in [6.45, 7) is 3.74. The first-order valence-corrected chi connectivity index (χ1v) is 6.48. The van der Waals surface area contributed by atoms with E-state index in [0.717, 1.165) is 25.7 Å². The van der Waals surface area contributed by atoms with Gasteiger partial charge < -0.3 is 10.4 Å². The Balaban J connectivity index is 2.56. The lowest BCUT2D eigenvalue weighted by atomic mass is 9.82. The molecule has 1 amide bonds.